The molecule has 2 amide bonds. The number of likely N-dealkylation sites (N-methyl/N-ethyl adjacent to an activating group) is 1. The van der Waals surface area contributed by atoms with E-state index in [1.807, 2.05) is 71.1 Å². The third-order valence-corrected chi connectivity index (χ3v) is 4.05. The van der Waals surface area contributed by atoms with Crippen LogP contribution in [0.1, 0.15) is 37.5 Å². The van der Waals surface area contributed by atoms with Gasteiger partial charge in [0.15, 0.2) is 0 Å². The highest BCUT2D eigenvalue weighted by Crippen LogP contribution is 2.15. The average molecular weight is 368 g/mol. The third kappa shape index (κ3) is 6.77. The molecule has 5 heteroatoms. The number of rotatable bonds is 5. The van der Waals surface area contributed by atoms with Crippen molar-refractivity contribution >= 4 is 17.7 Å². The van der Waals surface area contributed by atoms with Crippen LogP contribution in [0.4, 0.5) is 10.5 Å². The Morgan fingerprint density at radius 1 is 1.04 bits per heavy atom. The summed E-state index contributed by atoms with van der Waals surface area (Å²) in [6.45, 7) is 8.08. The number of benzene rings is 2. The molecular weight excluding hydrogens is 340 g/mol. The van der Waals surface area contributed by atoms with Gasteiger partial charge in [-0.3, -0.25) is 10.1 Å². The van der Waals surface area contributed by atoms with E-state index >= 15 is 0 Å². The lowest BCUT2D eigenvalue weighted by Crippen LogP contribution is -2.28. The molecular formula is C22H28N2O3. The summed E-state index contributed by atoms with van der Waals surface area (Å²) < 4.78 is 5.22. The van der Waals surface area contributed by atoms with Gasteiger partial charge in [0, 0.05) is 19.3 Å². The van der Waals surface area contributed by atoms with Gasteiger partial charge in [-0.25, -0.2) is 4.79 Å². The molecule has 0 aliphatic heterocycles. The minimum Gasteiger partial charge on any atom is -0.444 e. The number of nitrogens with zero attached hydrogens (tertiary/aromatic N) is 1. The summed E-state index contributed by atoms with van der Waals surface area (Å²) in [5.41, 5.74) is 3.30. The maximum atomic E-state index is 12.5. The monoisotopic (exact) mass is 368 g/mol. The van der Waals surface area contributed by atoms with Crippen LogP contribution in [0.25, 0.3) is 0 Å². The van der Waals surface area contributed by atoms with E-state index in [1.165, 1.54) is 5.56 Å². The summed E-state index contributed by atoms with van der Waals surface area (Å²) in [5, 5.41) is 2.68. The summed E-state index contributed by atoms with van der Waals surface area (Å²) in [5.74, 6) is 0.0473. The first-order valence-corrected chi connectivity index (χ1v) is 9.01. The van der Waals surface area contributed by atoms with Crippen LogP contribution in [0.5, 0.6) is 0 Å². The average Bonchev–Trinajstić information content (AvgIpc) is 2.57. The van der Waals surface area contributed by atoms with E-state index in [0.29, 0.717) is 18.7 Å². The molecule has 2 rings (SSSR count). The Balaban J connectivity index is 1.90. The highest BCUT2D eigenvalue weighted by atomic mass is 16.6. The molecule has 1 N–H and O–H groups in total. The van der Waals surface area contributed by atoms with Gasteiger partial charge in [-0.05, 0) is 56.5 Å². The van der Waals surface area contributed by atoms with Crippen molar-refractivity contribution in [3.8, 4) is 0 Å². The Morgan fingerprint density at radius 3 is 2.26 bits per heavy atom. The molecule has 144 valence electrons. The molecule has 0 aromatic heterocycles. The molecule has 5 nitrogen and oxygen atoms in total. The largest absolute Gasteiger partial charge is 0.444 e. The van der Waals surface area contributed by atoms with Crippen molar-refractivity contribution in [3.05, 3.63) is 65.2 Å². The number of ether oxygens (including phenoxy) is 1. The first-order chi connectivity index (χ1) is 12.6. The highest BCUT2D eigenvalue weighted by molar-refractivity contribution is 5.85. The van der Waals surface area contributed by atoms with E-state index < -0.39 is 11.7 Å². The van der Waals surface area contributed by atoms with Gasteiger partial charge in [-0.1, -0.05) is 36.4 Å². The molecule has 0 fully saturated rings. The van der Waals surface area contributed by atoms with Crippen molar-refractivity contribution in [1.29, 1.82) is 0 Å². The fourth-order valence-corrected chi connectivity index (χ4v) is 2.57. The second-order valence-corrected chi connectivity index (χ2v) is 7.68. The lowest BCUT2D eigenvalue weighted by molar-refractivity contribution is -0.129. The molecule has 0 aliphatic carbocycles. The fourth-order valence-electron chi connectivity index (χ4n) is 2.57. The van der Waals surface area contributed by atoms with Crippen LogP contribution < -0.4 is 5.32 Å². The standard InChI is InChI=1S/C22H28N2O3/c1-16-8-6-7-9-18(16)15-24(5)20(25)14-17-10-12-19(13-11-17)23-21(26)27-22(2,3)4/h6-13H,14-15H2,1-5H3,(H,23,26). The fraction of sp³-hybridized carbons (Fsp3) is 0.364. The zero-order valence-electron chi connectivity index (χ0n) is 16.7. The second-order valence-electron chi connectivity index (χ2n) is 7.68. The van der Waals surface area contributed by atoms with Crippen molar-refractivity contribution in [3.63, 3.8) is 0 Å². The maximum Gasteiger partial charge on any atom is 0.412 e. The number of hydrogen-bond acceptors (Lipinski definition) is 3. The summed E-state index contributed by atoms with van der Waals surface area (Å²) in [7, 11) is 1.81. The summed E-state index contributed by atoms with van der Waals surface area (Å²) in [6, 6.07) is 15.3. The summed E-state index contributed by atoms with van der Waals surface area (Å²) >= 11 is 0. The number of nitrogens with one attached hydrogen (secondary N) is 1. The Labute approximate surface area is 161 Å². The van der Waals surface area contributed by atoms with Crippen molar-refractivity contribution < 1.29 is 14.3 Å². The molecule has 0 heterocycles. The number of aryl methyl sites for hydroxylation is 1. The van der Waals surface area contributed by atoms with Gasteiger partial charge < -0.3 is 9.64 Å². The maximum absolute atomic E-state index is 12.5. The predicted molar refractivity (Wildman–Crippen MR) is 108 cm³/mol. The first kappa shape index (κ1) is 20.5. The quantitative estimate of drug-likeness (QED) is 0.843. The predicted octanol–water partition coefficient (Wildman–Crippen LogP) is 4.54. The van der Waals surface area contributed by atoms with Gasteiger partial charge in [0.1, 0.15) is 5.60 Å². The van der Waals surface area contributed by atoms with Gasteiger partial charge in [0.25, 0.3) is 0 Å². The molecule has 0 saturated heterocycles. The number of hydrogen-bond donors (Lipinski definition) is 1. The molecule has 0 atom stereocenters. The van der Waals surface area contributed by atoms with Crippen LogP contribution in [0, 0.1) is 6.92 Å². The number of amides is 2. The molecule has 2 aromatic carbocycles. The van der Waals surface area contributed by atoms with Gasteiger partial charge in [0.2, 0.25) is 5.91 Å². The first-order valence-electron chi connectivity index (χ1n) is 9.01. The summed E-state index contributed by atoms with van der Waals surface area (Å²) in [6.07, 6.45) is -0.181. The number of carbonyl (C=O) groups is 2. The molecule has 0 unspecified atom stereocenters. The molecule has 27 heavy (non-hydrogen) atoms. The van der Waals surface area contributed by atoms with Gasteiger partial charge in [-0.2, -0.15) is 0 Å². The minimum absolute atomic E-state index is 0.0473. The van der Waals surface area contributed by atoms with Crippen molar-refractivity contribution in [2.75, 3.05) is 12.4 Å². The Kier molecular flexibility index (Phi) is 6.61. The van der Waals surface area contributed by atoms with Gasteiger partial charge in [-0.15, -0.1) is 0 Å². The lowest BCUT2D eigenvalue weighted by Gasteiger charge is -2.20. The van der Waals surface area contributed by atoms with Crippen LogP contribution in [0.3, 0.4) is 0 Å². The molecule has 0 bridgehead atoms. The topological polar surface area (TPSA) is 58.6 Å². The van der Waals surface area contributed by atoms with Gasteiger partial charge >= 0.3 is 6.09 Å². The van der Waals surface area contributed by atoms with Crippen molar-refractivity contribution in [2.45, 2.75) is 46.3 Å². The Hall–Kier alpha value is -2.82. The Bertz CT molecular complexity index is 792. The molecule has 0 aliphatic rings. The SMILES string of the molecule is Cc1ccccc1CN(C)C(=O)Cc1ccc(NC(=O)OC(C)(C)C)cc1. The van der Waals surface area contributed by atoms with Crippen molar-refractivity contribution in [2.24, 2.45) is 0 Å². The summed E-state index contributed by atoms with van der Waals surface area (Å²) in [4.78, 5) is 26.0. The number of carbonyl (C=O) groups excluding carboxylic acids is 2. The molecule has 0 radical (unpaired) electrons. The smallest absolute Gasteiger partial charge is 0.412 e. The van der Waals surface area contributed by atoms with E-state index in [1.54, 1.807) is 17.0 Å². The zero-order chi connectivity index (χ0) is 20.0. The van der Waals surface area contributed by atoms with Crippen LogP contribution in [-0.2, 0) is 22.5 Å². The van der Waals surface area contributed by atoms with E-state index in [-0.39, 0.29) is 5.91 Å². The van der Waals surface area contributed by atoms with Crippen LogP contribution in [-0.4, -0.2) is 29.5 Å². The molecule has 2 aromatic rings. The Morgan fingerprint density at radius 2 is 1.67 bits per heavy atom. The van der Waals surface area contributed by atoms with E-state index in [4.69, 9.17) is 4.74 Å². The van der Waals surface area contributed by atoms with Crippen LogP contribution >= 0.6 is 0 Å². The zero-order valence-corrected chi connectivity index (χ0v) is 16.7. The normalized spacial score (nSPS) is 11.0. The lowest BCUT2D eigenvalue weighted by atomic mass is 10.1. The van der Waals surface area contributed by atoms with E-state index in [0.717, 1.165) is 11.1 Å². The molecule has 0 saturated carbocycles. The van der Waals surface area contributed by atoms with Crippen LogP contribution in [0.15, 0.2) is 48.5 Å². The number of anilines is 1. The highest BCUT2D eigenvalue weighted by Gasteiger charge is 2.16. The van der Waals surface area contributed by atoms with E-state index in [2.05, 4.69) is 5.32 Å². The minimum atomic E-state index is -0.544. The van der Waals surface area contributed by atoms with Crippen molar-refractivity contribution in [1.82, 2.24) is 4.90 Å². The third-order valence-electron chi connectivity index (χ3n) is 4.05. The van der Waals surface area contributed by atoms with E-state index in [9.17, 15) is 9.59 Å². The molecule has 0 spiro atoms. The van der Waals surface area contributed by atoms with Gasteiger partial charge in [0.05, 0.1) is 6.42 Å². The van der Waals surface area contributed by atoms with Crippen LogP contribution in [0.2, 0.25) is 0 Å². The second kappa shape index (κ2) is 8.71.